The van der Waals surface area contributed by atoms with E-state index in [2.05, 4.69) is 108 Å². The molecule has 0 nitrogen and oxygen atoms in total. The van der Waals surface area contributed by atoms with E-state index in [-0.39, 0.29) is 0 Å². The van der Waals surface area contributed by atoms with Crippen molar-refractivity contribution >= 4 is 38.5 Å². The molecule has 0 bridgehead atoms. The van der Waals surface area contributed by atoms with E-state index in [1.807, 2.05) is 0 Å². The minimum atomic E-state index is 0.632. The Bertz CT molecular complexity index is 436. The predicted molar refractivity (Wildman–Crippen MR) is 92.1 cm³/mol. The van der Waals surface area contributed by atoms with E-state index < -0.39 is 0 Å². The minimum absolute atomic E-state index is 0.632. The first kappa shape index (κ1) is 15.7. The lowest BCUT2D eigenvalue weighted by atomic mass is 10.0. The topological polar surface area (TPSA) is 0 Å². The van der Waals surface area contributed by atoms with Crippen molar-refractivity contribution in [3.63, 3.8) is 0 Å². The molecule has 0 amide bonds. The van der Waals surface area contributed by atoms with Crippen LogP contribution in [-0.2, 0) is 0 Å². The summed E-state index contributed by atoms with van der Waals surface area (Å²) in [6.07, 6.45) is 0. The largest absolute Gasteiger partial charge is 0.0587 e. The first-order chi connectivity index (χ1) is 8.49. The molecule has 2 aromatic rings. The summed E-state index contributed by atoms with van der Waals surface area (Å²) in [5.41, 5.74) is 2.72. The lowest BCUT2D eigenvalue weighted by molar-refractivity contribution is 0.866. The van der Waals surface area contributed by atoms with Crippen molar-refractivity contribution in [3.8, 4) is 0 Å². The van der Waals surface area contributed by atoms with Crippen molar-refractivity contribution in [1.82, 2.24) is 0 Å². The van der Waals surface area contributed by atoms with Crippen molar-refractivity contribution in [2.24, 2.45) is 0 Å². The molecule has 0 spiro atoms. The van der Waals surface area contributed by atoms with Gasteiger partial charge in [0.15, 0.2) is 0 Å². The van der Waals surface area contributed by atoms with Crippen LogP contribution in [0.4, 0.5) is 0 Å². The molecule has 18 heavy (non-hydrogen) atoms. The molecule has 2 heteroatoms. The highest BCUT2D eigenvalue weighted by Crippen LogP contribution is 2.17. The lowest BCUT2D eigenvalue weighted by Gasteiger charge is -2.03. The van der Waals surface area contributed by atoms with Gasteiger partial charge in [0.1, 0.15) is 0 Å². The van der Waals surface area contributed by atoms with Gasteiger partial charge in [-0.1, -0.05) is 59.6 Å². The van der Waals surface area contributed by atoms with E-state index in [0.717, 1.165) is 4.47 Å². The fourth-order valence-corrected chi connectivity index (χ4v) is 2.00. The molecule has 0 saturated heterocycles. The van der Waals surface area contributed by atoms with Crippen molar-refractivity contribution in [2.45, 2.75) is 26.7 Å². The van der Waals surface area contributed by atoms with Gasteiger partial charge >= 0.3 is 0 Å². The smallest absolute Gasteiger partial charge is 0.0175 e. The molecule has 0 atom stereocenters. The van der Waals surface area contributed by atoms with Crippen LogP contribution in [0.5, 0.6) is 0 Å². The van der Waals surface area contributed by atoms with Gasteiger partial charge in [0, 0.05) is 8.04 Å². The average Bonchev–Trinajstić information content (AvgIpc) is 2.34. The Morgan fingerprint density at radius 1 is 0.889 bits per heavy atom. The summed E-state index contributed by atoms with van der Waals surface area (Å²) in [7, 11) is 0. The fourth-order valence-electron chi connectivity index (χ4n) is 1.38. The molecule has 0 N–H and O–H groups in total. The average molecular weight is 417 g/mol. The molecule has 2 aromatic carbocycles. The molecular weight excluding hydrogens is 399 g/mol. The molecule has 0 aromatic heterocycles. The molecule has 0 heterocycles. The highest BCUT2D eigenvalue weighted by molar-refractivity contribution is 14.1. The maximum atomic E-state index is 3.39. The van der Waals surface area contributed by atoms with Crippen molar-refractivity contribution < 1.29 is 0 Å². The van der Waals surface area contributed by atoms with Crippen LogP contribution in [0.3, 0.4) is 0 Å². The fraction of sp³-hybridized carbons (Fsp3) is 0.250. The van der Waals surface area contributed by atoms with E-state index in [4.69, 9.17) is 0 Å². The standard InChI is InChI=1S/C9H11Br.C7H7I/c1-7(2)8-3-5-9(10)6-4-8;1-6-2-4-7(8)5-3-6/h3-7H,1-2H3;2-5H,1H3. The molecule has 0 aliphatic rings. The second-order valence-corrected chi connectivity index (χ2v) is 6.66. The van der Waals surface area contributed by atoms with Gasteiger partial charge in [-0.05, 0) is 65.3 Å². The SMILES string of the molecule is CC(C)c1ccc(Br)cc1.Cc1ccc(I)cc1. The van der Waals surface area contributed by atoms with Crippen LogP contribution in [0.1, 0.15) is 30.9 Å². The van der Waals surface area contributed by atoms with Gasteiger partial charge in [0.05, 0.1) is 0 Å². The first-order valence-corrected chi connectivity index (χ1v) is 7.84. The van der Waals surface area contributed by atoms with Crippen LogP contribution in [0.15, 0.2) is 53.0 Å². The number of hydrogen-bond acceptors (Lipinski definition) is 0. The monoisotopic (exact) mass is 416 g/mol. The van der Waals surface area contributed by atoms with E-state index in [9.17, 15) is 0 Å². The summed E-state index contributed by atoms with van der Waals surface area (Å²) in [5, 5.41) is 0. The van der Waals surface area contributed by atoms with Crippen molar-refractivity contribution in [1.29, 1.82) is 0 Å². The van der Waals surface area contributed by atoms with Gasteiger partial charge in [-0.3, -0.25) is 0 Å². The second kappa shape index (κ2) is 7.95. The third-order valence-electron chi connectivity index (χ3n) is 2.55. The van der Waals surface area contributed by atoms with E-state index in [1.165, 1.54) is 14.7 Å². The molecule has 0 radical (unpaired) electrons. The van der Waals surface area contributed by atoms with Gasteiger partial charge in [-0.15, -0.1) is 0 Å². The maximum Gasteiger partial charge on any atom is 0.0175 e. The molecule has 2 rings (SSSR count). The Labute approximate surface area is 132 Å². The van der Waals surface area contributed by atoms with Crippen molar-refractivity contribution in [2.75, 3.05) is 0 Å². The summed E-state index contributed by atoms with van der Waals surface area (Å²) in [4.78, 5) is 0. The predicted octanol–water partition coefficient (Wildman–Crippen LogP) is 6.17. The molecule has 0 saturated carbocycles. The van der Waals surface area contributed by atoms with Gasteiger partial charge in [-0.2, -0.15) is 0 Å². The van der Waals surface area contributed by atoms with Crippen LogP contribution < -0.4 is 0 Å². The Kier molecular flexibility index (Phi) is 6.94. The van der Waals surface area contributed by atoms with Gasteiger partial charge in [0.25, 0.3) is 0 Å². The summed E-state index contributed by atoms with van der Waals surface area (Å²) in [6.45, 7) is 6.49. The first-order valence-electron chi connectivity index (χ1n) is 5.96. The Morgan fingerprint density at radius 3 is 1.78 bits per heavy atom. The molecule has 96 valence electrons. The molecule has 0 aliphatic heterocycles. The maximum absolute atomic E-state index is 3.39. The molecule has 0 aliphatic carbocycles. The van der Waals surface area contributed by atoms with Gasteiger partial charge in [-0.25, -0.2) is 0 Å². The normalized spacial score (nSPS) is 9.89. The third-order valence-corrected chi connectivity index (χ3v) is 3.80. The third kappa shape index (κ3) is 6.01. The van der Waals surface area contributed by atoms with Crippen LogP contribution >= 0.6 is 38.5 Å². The van der Waals surface area contributed by atoms with Crippen LogP contribution in [0.2, 0.25) is 0 Å². The van der Waals surface area contributed by atoms with Gasteiger partial charge < -0.3 is 0 Å². The van der Waals surface area contributed by atoms with Crippen LogP contribution in [0.25, 0.3) is 0 Å². The van der Waals surface area contributed by atoms with Crippen molar-refractivity contribution in [3.05, 3.63) is 67.7 Å². The summed E-state index contributed by atoms with van der Waals surface area (Å²) in [6, 6.07) is 16.9. The number of rotatable bonds is 1. The van der Waals surface area contributed by atoms with Gasteiger partial charge in [0.2, 0.25) is 0 Å². The lowest BCUT2D eigenvalue weighted by Crippen LogP contribution is -1.84. The highest BCUT2D eigenvalue weighted by Gasteiger charge is 1.95. The van der Waals surface area contributed by atoms with E-state index in [0.29, 0.717) is 5.92 Å². The summed E-state index contributed by atoms with van der Waals surface area (Å²) < 4.78 is 2.45. The quantitative estimate of drug-likeness (QED) is 0.487. The van der Waals surface area contributed by atoms with Crippen LogP contribution in [-0.4, -0.2) is 0 Å². The Balaban J connectivity index is 0.000000184. The van der Waals surface area contributed by atoms with E-state index in [1.54, 1.807) is 0 Å². The number of aryl methyl sites for hydroxylation is 1. The zero-order chi connectivity index (χ0) is 13.5. The number of hydrogen-bond donors (Lipinski definition) is 0. The zero-order valence-electron chi connectivity index (χ0n) is 11.0. The Morgan fingerprint density at radius 2 is 1.39 bits per heavy atom. The molecule has 0 unspecified atom stereocenters. The van der Waals surface area contributed by atoms with E-state index >= 15 is 0 Å². The summed E-state index contributed by atoms with van der Waals surface area (Å²) in [5.74, 6) is 0.632. The van der Waals surface area contributed by atoms with Crippen LogP contribution in [0, 0.1) is 10.5 Å². The molecular formula is C16H18BrI. The zero-order valence-corrected chi connectivity index (χ0v) is 14.7. The molecule has 0 fully saturated rings. The number of benzene rings is 2. The number of halogens is 2. The second-order valence-electron chi connectivity index (χ2n) is 4.50. The summed E-state index contributed by atoms with van der Waals surface area (Å²) >= 11 is 5.69. The minimum Gasteiger partial charge on any atom is -0.0587 e. The Hall–Kier alpha value is -0.350. The highest BCUT2D eigenvalue weighted by atomic mass is 127.